The summed E-state index contributed by atoms with van der Waals surface area (Å²) in [5.41, 5.74) is 1.43. The molecule has 0 saturated heterocycles. The van der Waals surface area contributed by atoms with Gasteiger partial charge in [-0.25, -0.2) is 0 Å². The smallest absolute Gasteiger partial charge is 0.233 e. The Kier molecular flexibility index (Phi) is 4.34. The highest BCUT2D eigenvalue weighted by Gasteiger charge is 2.30. The second-order valence-electron chi connectivity index (χ2n) is 5.83. The highest BCUT2D eigenvalue weighted by molar-refractivity contribution is 5.22. The number of hydrogen-bond acceptors (Lipinski definition) is 4. The standard InChI is InChI=1S/C17H23N3O/c1-3-16-19-20-17(21-16)12(2)18-15-11-7-10-14(15)13-8-5-4-6-9-13/h4-6,8-9,12,14-15,18H,3,7,10-11H2,1-2H3/t12?,14-,15-/m1/s1. The van der Waals surface area contributed by atoms with Crippen LogP contribution in [0.1, 0.15) is 62.4 Å². The third-order valence-electron chi connectivity index (χ3n) is 4.36. The summed E-state index contributed by atoms with van der Waals surface area (Å²) >= 11 is 0. The van der Waals surface area contributed by atoms with E-state index in [1.54, 1.807) is 0 Å². The van der Waals surface area contributed by atoms with Crippen molar-refractivity contribution in [3.8, 4) is 0 Å². The zero-order valence-corrected chi connectivity index (χ0v) is 12.7. The van der Waals surface area contributed by atoms with E-state index in [-0.39, 0.29) is 6.04 Å². The molecule has 0 spiro atoms. The zero-order valence-electron chi connectivity index (χ0n) is 12.7. The fourth-order valence-electron chi connectivity index (χ4n) is 3.24. The molecule has 0 aliphatic heterocycles. The van der Waals surface area contributed by atoms with Gasteiger partial charge in [0.2, 0.25) is 11.8 Å². The molecular weight excluding hydrogens is 262 g/mol. The molecular formula is C17H23N3O. The van der Waals surface area contributed by atoms with Crippen molar-refractivity contribution in [3.05, 3.63) is 47.7 Å². The normalized spacial score (nSPS) is 23.3. The summed E-state index contributed by atoms with van der Waals surface area (Å²) in [5, 5.41) is 11.9. The maximum atomic E-state index is 5.66. The number of nitrogens with one attached hydrogen (secondary N) is 1. The van der Waals surface area contributed by atoms with Crippen LogP contribution >= 0.6 is 0 Å². The molecule has 2 aromatic rings. The number of aryl methyl sites for hydroxylation is 1. The van der Waals surface area contributed by atoms with Crippen LogP contribution in [0.5, 0.6) is 0 Å². The van der Waals surface area contributed by atoms with Gasteiger partial charge in [-0.2, -0.15) is 0 Å². The van der Waals surface area contributed by atoms with Crippen LogP contribution in [0.25, 0.3) is 0 Å². The lowest BCUT2D eigenvalue weighted by Crippen LogP contribution is -2.33. The first-order chi connectivity index (χ1) is 10.3. The summed E-state index contributed by atoms with van der Waals surface area (Å²) in [5.74, 6) is 2.00. The van der Waals surface area contributed by atoms with Crippen molar-refractivity contribution in [2.24, 2.45) is 0 Å². The zero-order chi connectivity index (χ0) is 14.7. The number of rotatable bonds is 5. The maximum Gasteiger partial charge on any atom is 0.233 e. The lowest BCUT2D eigenvalue weighted by atomic mass is 9.93. The van der Waals surface area contributed by atoms with E-state index < -0.39 is 0 Å². The van der Waals surface area contributed by atoms with E-state index in [2.05, 4.69) is 52.8 Å². The van der Waals surface area contributed by atoms with E-state index in [1.165, 1.54) is 24.8 Å². The minimum absolute atomic E-state index is 0.104. The molecule has 1 heterocycles. The Morgan fingerprint density at radius 1 is 1.24 bits per heavy atom. The molecule has 1 aromatic heterocycles. The SMILES string of the molecule is CCc1nnc(C(C)N[C@@H]2CCC[C@@H]2c2ccccc2)o1. The molecule has 3 rings (SSSR count). The minimum Gasteiger partial charge on any atom is -0.424 e. The van der Waals surface area contributed by atoms with E-state index in [0.717, 1.165) is 6.42 Å². The van der Waals surface area contributed by atoms with Crippen molar-refractivity contribution < 1.29 is 4.42 Å². The summed E-state index contributed by atoms with van der Waals surface area (Å²) in [6.07, 6.45) is 4.51. The molecule has 4 nitrogen and oxygen atoms in total. The van der Waals surface area contributed by atoms with Crippen LogP contribution in [0.3, 0.4) is 0 Å². The van der Waals surface area contributed by atoms with Crippen molar-refractivity contribution in [2.75, 3.05) is 0 Å². The van der Waals surface area contributed by atoms with Gasteiger partial charge in [0.1, 0.15) is 0 Å². The molecule has 4 heteroatoms. The Morgan fingerprint density at radius 2 is 2.05 bits per heavy atom. The molecule has 1 fully saturated rings. The predicted molar refractivity (Wildman–Crippen MR) is 82.0 cm³/mol. The predicted octanol–water partition coefficient (Wildman–Crippen LogP) is 3.62. The van der Waals surface area contributed by atoms with Crippen LogP contribution in [-0.4, -0.2) is 16.2 Å². The Hall–Kier alpha value is -1.68. The van der Waals surface area contributed by atoms with Crippen LogP contribution in [-0.2, 0) is 6.42 Å². The van der Waals surface area contributed by atoms with Crippen molar-refractivity contribution >= 4 is 0 Å². The first-order valence-corrected chi connectivity index (χ1v) is 7.91. The minimum atomic E-state index is 0.104. The van der Waals surface area contributed by atoms with Gasteiger partial charge in [-0.3, -0.25) is 0 Å². The Bertz CT molecular complexity index is 566. The molecule has 21 heavy (non-hydrogen) atoms. The van der Waals surface area contributed by atoms with E-state index in [1.807, 2.05) is 6.92 Å². The van der Waals surface area contributed by atoms with Gasteiger partial charge in [0, 0.05) is 12.5 Å². The van der Waals surface area contributed by atoms with Crippen LogP contribution in [0.2, 0.25) is 0 Å². The third-order valence-corrected chi connectivity index (χ3v) is 4.36. The molecule has 1 saturated carbocycles. The first-order valence-electron chi connectivity index (χ1n) is 7.91. The Labute approximate surface area is 126 Å². The van der Waals surface area contributed by atoms with Gasteiger partial charge in [0.15, 0.2) is 0 Å². The largest absolute Gasteiger partial charge is 0.424 e. The molecule has 3 atom stereocenters. The fraction of sp³-hybridized carbons (Fsp3) is 0.529. The van der Waals surface area contributed by atoms with E-state index in [4.69, 9.17) is 4.42 Å². The Morgan fingerprint density at radius 3 is 2.76 bits per heavy atom. The monoisotopic (exact) mass is 285 g/mol. The molecule has 0 bridgehead atoms. The highest BCUT2D eigenvalue weighted by Crippen LogP contribution is 2.35. The Balaban J connectivity index is 1.68. The molecule has 0 radical (unpaired) electrons. The lowest BCUT2D eigenvalue weighted by molar-refractivity contribution is 0.353. The number of benzene rings is 1. The maximum absolute atomic E-state index is 5.66. The molecule has 1 N–H and O–H groups in total. The summed E-state index contributed by atoms with van der Waals surface area (Å²) in [6.45, 7) is 4.13. The van der Waals surface area contributed by atoms with Crippen molar-refractivity contribution in [2.45, 2.75) is 57.5 Å². The molecule has 1 aromatic carbocycles. The summed E-state index contributed by atoms with van der Waals surface area (Å²) < 4.78 is 5.66. The van der Waals surface area contributed by atoms with E-state index in [9.17, 15) is 0 Å². The molecule has 0 amide bonds. The van der Waals surface area contributed by atoms with Gasteiger partial charge in [0.05, 0.1) is 6.04 Å². The topological polar surface area (TPSA) is 51.0 Å². The average molecular weight is 285 g/mol. The van der Waals surface area contributed by atoms with Crippen LogP contribution in [0.4, 0.5) is 0 Å². The first kappa shape index (κ1) is 14.3. The molecule has 1 unspecified atom stereocenters. The van der Waals surface area contributed by atoms with Crippen molar-refractivity contribution in [3.63, 3.8) is 0 Å². The second kappa shape index (κ2) is 6.39. The van der Waals surface area contributed by atoms with Gasteiger partial charge < -0.3 is 9.73 Å². The van der Waals surface area contributed by atoms with Crippen molar-refractivity contribution in [1.29, 1.82) is 0 Å². The van der Waals surface area contributed by atoms with Gasteiger partial charge in [-0.15, -0.1) is 10.2 Å². The molecule has 112 valence electrons. The van der Waals surface area contributed by atoms with Crippen LogP contribution < -0.4 is 5.32 Å². The second-order valence-corrected chi connectivity index (χ2v) is 5.83. The molecule has 1 aliphatic rings. The van der Waals surface area contributed by atoms with Gasteiger partial charge >= 0.3 is 0 Å². The van der Waals surface area contributed by atoms with E-state index >= 15 is 0 Å². The summed E-state index contributed by atoms with van der Waals surface area (Å²) in [4.78, 5) is 0. The number of nitrogens with zero attached hydrogens (tertiary/aromatic N) is 2. The lowest BCUT2D eigenvalue weighted by Gasteiger charge is -2.24. The quantitative estimate of drug-likeness (QED) is 0.911. The number of hydrogen-bond donors (Lipinski definition) is 1. The van der Waals surface area contributed by atoms with Gasteiger partial charge in [-0.05, 0) is 31.2 Å². The molecule has 1 aliphatic carbocycles. The fourth-order valence-corrected chi connectivity index (χ4v) is 3.24. The summed E-state index contributed by atoms with van der Waals surface area (Å²) in [7, 11) is 0. The van der Waals surface area contributed by atoms with Gasteiger partial charge in [0.25, 0.3) is 0 Å². The van der Waals surface area contributed by atoms with Crippen LogP contribution in [0, 0.1) is 0 Å². The van der Waals surface area contributed by atoms with Gasteiger partial charge in [-0.1, -0.05) is 43.7 Å². The van der Waals surface area contributed by atoms with Crippen molar-refractivity contribution in [1.82, 2.24) is 15.5 Å². The van der Waals surface area contributed by atoms with E-state index in [0.29, 0.717) is 23.7 Å². The summed E-state index contributed by atoms with van der Waals surface area (Å²) in [6, 6.07) is 11.4. The van der Waals surface area contributed by atoms with Crippen LogP contribution in [0.15, 0.2) is 34.7 Å². The number of aromatic nitrogens is 2. The third kappa shape index (κ3) is 3.16. The highest BCUT2D eigenvalue weighted by atomic mass is 16.4. The average Bonchev–Trinajstić information content (AvgIpc) is 3.17.